The lowest BCUT2D eigenvalue weighted by Crippen LogP contribution is -1.85. The van der Waals surface area contributed by atoms with Crippen LogP contribution in [-0.2, 0) is 0 Å². The number of rotatable bonds is 0. The van der Waals surface area contributed by atoms with E-state index in [1.54, 1.807) is 24.3 Å². The highest BCUT2D eigenvalue weighted by atomic mass is 14.3. The standard InChI is InChI=1S/C13H5N3/c14-6-9-1-2-11-3-10(7-15)4-12(8-16)13(11)5-9/h1-5H. The van der Waals surface area contributed by atoms with Crippen LogP contribution in [-0.4, -0.2) is 0 Å². The highest BCUT2D eigenvalue weighted by molar-refractivity contribution is 5.90. The molecule has 0 radical (unpaired) electrons. The van der Waals surface area contributed by atoms with E-state index in [0.29, 0.717) is 22.1 Å². The van der Waals surface area contributed by atoms with Crippen molar-refractivity contribution >= 4 is 10.8 Å². The van der Waals surface area contributed by atoms with Gasteiger partial charge in [0, 0.05) is 5.39 Å². The van der Waals surface area contributed by atoms with E-state index in [-0.39, 0.29) is 0 Å². The Morgan fingerprint density at radius 1 is 0.750 bits per heavy atom. The summed E-state index contributed by atoms with van der Waals surface area (Å²) in [5, 5.41) is 28.1. The largest absolute Gasteiger partial charge is 0.192 e. The Balaban J connectivity index is 2.88. The summed E-state index contributed by atoms with van der Waals surface area (Å²) in [6.45, 7) is 0. The highest BCUT2D eigenvalue weighted by Gasteiger charge is 2.04. The number of nitrogens with zero attached hydrogens (tertiary/aromatic N) is 3. The topological polar surface area (TPSA) is 71.4 Å². The molecule has 0 fully saturated rings. The van der Waals surface area contributed by atoms with Gasteiger partial charge < -0.3 is 0 Å². The fourth-order valence-electron chi connectivity index (χ4n) is 1.58. The van der Waals surface area contributed by atoms with Crippen molar-refractivity contribution in [3.63, 3.8) is 0 Å². The molecule has 0 atom stereocenters. The molecule has 0 amide bonds. The van der Waals surface area contributed by atoms with Crippen molar-refractivity contribution in [2.75, 3.05) is 0 Å². The summed E-state index contributed by atoms with van der Waals surface area (Å²) >= 11 is 0. The summed E-state index contributed by atoms with van der Waals surface area (Å²) < 4.78 is 0. The molecule has 0 aliphatic heterocycles. The maximum atomic E-state index is 8.98. The van der Waals surface area contributed by atoms with Crippen LogP contribution in [0.25, 0.3) is 10.8 Å². The number of nitriles is 3. The fraction of sp³-hybridized carbons (Fsp3) is 0. The van der Waals surface area contributed by atoms with Crippen LogP contribution < -0.4 is 0 Å². The van der Waals surface area contributed by atoms with Gasteiger partial charge >= 0.3 is 0 Å². The molecule has 3 heteroatoms. The summed E-state index contributed by atoms with van der Waals surface area (Å²) in [6, 6.07) is 14.4. The summed E-state index contributed by atoms with van der Waals surface area (Å²) in [5.74, 6) is 0. The fourth-order valence-corrected chi connectivity index (χ4v) is 1.58. The second-order valence-corrected chi connectivity index (χ2v) is 3.30. The lowest BCUT2D eigenvalue weighted by atomic mass is 10.0. The van der Waals surface area contributed by atoms with Gasteiger partial charge in [-0.05, 0) is 29.7 Å². The molecule has 0 spiro atoms. The molecule has 2 aromatic carbocycles. The molecule has 2 rings (SSSR count). The molecule has 0 unspecified atom stereocenters. The van der Waals surface area contributed by atoms with Gasteiger partial charge in [0.1, 0.15) is 0 Å². The summed E-state index contributed by atoms with van der Waals surface area (Å²) in [5.41, 5.74) is 1.38. The average Bonchev–Trinajstić information content (AvgIpc) is 2.36. The van der Waals surface area contributed by atoms with E-state index in [4.69, 9.17) is 15.8 Å². The first-order valence-corrected chi connectivity index (χ1v) is 4.56. The molecule has 0 aliphatic rings. The van der Waals surface area contributed by atoms with E-state index in [1.807, 2.05) is 18.2 Å². The summed E-state index contributed by atoms with van der Waals surface area (Å²) in [7, 11) is 0. The van der Waals surface area contributed by atoms with E-state index in [2.05, 4.69) is 0 Å². The quantitative estimate of drug-likeness (QED) is 0.660. The van der Waals surface area contributed by atoms with Crippen LogP contribution in [0.3, 0.4) is 0 Å². The summed E-state index contributed by atoms with van der Waals surface area (Å²) in [6.07, 6.45) is 0. The van der Waals surface area contributed by atoms with Gasteiger partial charge in [0.2, 0.25) is 0 Å². The van der Waals surface area contributed by atoms with E-state index >= 15 is 0 Å². The molecular formula is C13H5N3. The third-order valence-corrected chi connectivity index (χ3v) is 2.33. The lowest BCUT2D eigenvalue weighted by Gasteiger charge is -2.01. The molecule has 2 aromatic rings. The Kier molecular flexibility index (Phi) is 2.27. The Bertz CT molecular complexity index is 694. The number of hydrogen-bond acceptors (Lipinski definition) is 3. The third kappa shape index (κ3) is 1.46. The van der Waals surface area contributed by atoms with Crippen molar-refractivity contribution in [1.29, 1.82) is 15.8 Å². The zero-order chi connectivity index (χ0) is 11.5. The van der Waals surface area contributed by atoms with Crippen LogP contribution in [0, 0.1) is 34.0 Å². The molecule has 72 valence electrons. The molecule has 0 aliphatic carbocycles. The molecule has 3 nitrogen and oxygen atoms in total. The number of benzene rings is 2. The zero-order valence-corrected chi connectivity index (χ0v) is 8.23. The lowest BCUT2D eigenvalue weighted by molar-refractivity contribution is 1.46. The van der Waals surface area contributed by atoms with Gasteiger partial charge in [0.25, 0.3) is 0 Å². The Morgan fingerprint density at radius 3 is 2.12 bits per heavy atom. The maximum Gasteiger partial charge on any atom is 0.0998 e. The number of fused-ring (bicyclic) bond motifs is 1. The van der Waals surface area contributed by atoms with Crippen LogP contribution in [0.15, 0.2) is 30.3 Å². The molecule has 0 heterocycles. The molecule has 0 saturated heterocycles. The Morgan fingerprint density at radius 2 is 1.50 bits per heavy atom. The second-order valence-electron chi connectivity index (χ2n) is 3.30. The van der Waals surface area contributed by atoms with Crippen LogP contribution in [0.1, 0.15) is 16.7 Å². The van der Waals surface area contributed by atoms with Crippen LogP contribution >= 0.6 is 0 Å². The van der Waals surface area contributed by atoms with Gasteiger partial charge in [-0.3, -0.25) is 0 Å². The second kappa shape index (κ2) is 3.73. The number of hydrogen-bond donors (Lipinski definition) is 0. The molecule has 0 saturated carbocycles. The first kappa shape index (κ1) is 9.71. The Labute approximate surface area is 92.4 Å². The smallest absolute Gasteiger partial charge is 0.0998 e. The summed E-state index contributed by atoms with van der Waals surface area (Å²) in [4.78, 5) is 0. The van der Waals surface area contributed by atoms with Crippen molar-refractivity contribution in [1.82, 2.24) is 0 Å². The SMILES string of the molecule is N#Cc1cc(C#N)c2cc(C#N)ccc2c1. The van der Waals surface area contributed by atoms with Gasteiger partial charge in [-0.25, -0.2) is 0 Å². The van der Waals surface area contributed by atoms with Crippen molar-refractivity contribution < 1.29 is 0 Å². The van der Waals surface area contributed by atoms with Gasteiger partial charge in [0.05, 0.1) is 34.9 Å². The third-order valence-electron chi connectivity index (χ3n) is 2.33. The van der Waals surface area contributed by atoms with Crippen LogP contribution in [0.4, 0.5) is 0 Å². The predicted octanol–water partition coefficient (Wildman–Crippen LogP) is 2.45. The van der Waals surface area contributed by atoms with Crippen molar-refractivity contribution in [3.8, 4) is 18.2 Å². The highest BCUT2D eigenvalue weighted by Crippen LogP contribution is 2.21. The van der Waals surface area contributed by atoms with Crippen LogP contribution in [0.2, 0.25) is 0 Å². The minimum Gasteiger partial charge on any atom is -0.192 e. The zero-order valence-electron chi connectivity index (χ0n) is 8.23. The van der Waals surface area contributed by atoms with E-state index in [9.17, 15) is 0 Å². The molecule has 16 heavy (non-hydrogen) atoms. The predicted molar refractivity (Wildman–Crippen MR) is 58.1 cm³/mol. The van der Waals surface area contributed by atoms with Crippen LogP contribution in [0.5, 0.6) is 0 Å². The van der Waals surface area contributed by atoms with Crippen molar-refractivity contribution in [2.45, 2.75) is 0 Å². The normalized spacial score (nSPS) is 9.06. The van der Waals surface area contributed by atoms with Crippen molar-refractivity contribution in [3.05, 3.63) is 47.0 Å². The van der Waals surface area contributed by atoms with E-state index in [1.165, 1.54) is 6.07 Å². The molecule has 0 N–H and O–H groups in total. The van der Waals surface area contributed by atoms with E-state index < -0.39 is 0 Å². The average molecular weight is 203 g/mol. The monoisotopic (exact) mass is 203 g/mol. The van der Waals surface area contributed by atoms with Gasteiger partial charge in [0.15, 0.2) is 0 Å². The minimum atomic E-state index is 0.422. The van der Waals surface area contributed by atoms with Gasteiger partial charge in [-0.15, -0.1) is 0 Å². The van der Waals surface area contributed by atoms with Gasteiger partial charge in [-0.1, -0.05) is 6.07 Å². The van der Waals surface area contributed by atoms with Crippen molar-refractivity contribution in [2.24, 2.45) is 0 Å². The first-order valence-electron chi connectivity index (χ1n) is 4.56. The Hall–Kier alpha value is -2.83. The molecule has 0 aromatic heterocycles. The maximum absolute atomic E-state index is 8.98. The van der Waals surface area contributed by atoms with Gasteiger partial charge in [-0.2, -0.15) is 15.8 Å². The minimum absolute atomic E-state index is 0.422. The van der Waals surface area contributed by atoms with E-state index in [0.717, 1.165) is 5.39 Å². The molecule has 0 bridgehead atoms. The molecular weight excluding hydrogens is 198 g/mol. The first-order chi connectivity index (χ1) is 7.78.